The van der Waals surface area contributed by atoms with Crippen molar-refractivity contribution in [2.45, 2.75) is 5.16 Å². The molecule has 2 heterocycles. The molecule has 10 heteroatoms. The summed E-state index contributed by atoms with van der Waals surface area (Å²) in [6, 6.07) is 14.2. The van der Waals surface area contributed by atoms with Crippen LogP contribution in [0.15, 0.2) is 69.6 Å². The highest BCUT2D eigenvalue weighted by atomic mass is 32.2. The van der Waals surface area contributed by atoms with Crippen LogP contribution in [-0.2, 0) is 4.79 Å². The van der Waals surface area contributed by atoms with E-state index in [2.05, 4.69) is 25.5 Å². The number of H-pyrrole nitrogens is 2. The van der Waals surface area contributed by atoms with Crippen molar-refractivity contribution >= 4 is 34.3 Å². The standard InChI is InChI=1S/C18H14N6O3S/c25-15-8-14(21-16(26)9-28-17-19-10-20-23-17)24(18(27)22-15)13-7-3-5-11-4-1-2-6-12(11)13/h1-8,10H,9H2,(H,21,26)(H,19,20,23)(H,22,25,27). The summed E-state index contributed by atoms with van der Waals surface area (Å²) in [6.45, 7) is 0. The van der Waals surface area contributed by atoms with Gasteiger partial charge in [0.25, 0.3) is 5.56 Å². The minimum atomic E-state index is -0.637. The lowest BCUT2D eigenvalue weighted by atomic mass is 10.1. The SMILES string of the molecule is O=C(CSc1ncn[nH]1)Nc1cc(=O)[nH]c(=O)n1-c1cccc2ccccc12. The van der Waals surface area contributed by atoms with Crippen LogP contribution in [0.5, 0.6) is 0 Å². The van der Waals surface area contributed by atoms with Gasteiger partial charge >= 0.3 is 5.69 Å². The normalized spacial score (nSPS) is 10.9. The quantitative estimate of drug-likeness (QED) is 0.441. The van der Waals surface area contributed by atoms with Crippen LogP contribution in [0.3, 0.4) is 0 Å². The van der Waals surface area contributed by atoms with Crippen LogP contribution in [0, 0.1) is 0 Å². The monoisotopic (exact) mass is 394 g/mol. The molecular weight excluding hydrogens is 380 g/mol. The van der Waals surface area contributed by atoms with Gasteiger partial charge in [-0.2, -0.15) is 5.10 Å². The van der Waals surface area contributed by atoms with Crippen LogP contribution in [-0.4, -0.2) is 36.4 Å². The fourth-order valence-electron chi connectivity index (χ4n) is 2.81. The van der Waals surface area contributed by atoms with Gasteiger partial charge in [0.15, 0.2) is 5.16 Å². The minimum Gasteiger partial charge on any atom is -0.311 e. The molecule has 3 N–H and O–H groups in total. The summed E-state index contributed by atoms with van der Waals surface area (Å²) < 4.78 is 1.28. The Bertz CT molecular complexity index is 1260. The zero-order valence-electron chi connectivity index (χ0n) is 14.4. The number of benzene rings is 2. The number of rotatable bonds is 5. The van der Waals surface area contributed by atoms with Gasteiger partial charge in [0.05, 0.1) is 11.4 Å². The molecule has 2 aromatic carbocycles. The summed E-state index contributed by atoms with van der Waals surface area (Å²) in [5.74, 6) is -0.264. The number of hydrogen-bond donors (Lipinski definition) is 3. The summed E-state index contributed by atoms with van der Waals surface area (Å²) >= 11 is 1.15. The fourth-order valence-corrected chi connectivity index (χ4v) is 3.39. The molecule has 9 nitrogen and oxygen atoms in total. The van der Waals surface area contributed by atoms with Crippen molar-refractivity contribution in [3.63, 3.8) is 0 Å². The van der Waals surface area contributed by atoms with E-state index in [0.29, 0.717) is 10.8 Å². The first-order chi connectivity index (χ1) is 13.6. The maximum atomic E-state index is 12.6. The fraction of sp³-hybridized carbons (Fsp3) is 0.0556. The molecule has 0 radical (unpaired) electrons. The Morgan fingerprint density at radius 1 is 1.14 bits per heavy atom. The van der Waals surface area contributed by atoms with Gasteiger partial charge in [0, 0.05) is 11.5 Å². The number of aromatic nitrogens is 5. The first-order valence-corrected chi connectivity index (χ1v) is 9.23. The van der Waals surface area contributed by atoms with Crippen LogP contribution >= 0.6 is 11.8 Å². The third-order valence-corrected chi connectivity index (χ3v) is 4.83. The second-order valence-electron chi connectivity index (χ2n) is 5.79. The van der Waals surface area contributed by atoms with Gasteiger partial charge in [-0.1, -0.05) is 48.2 Å². The van der Waals surface area contributed by atoms with Gasteiger partial charge in [-0.05, 0) is 11.5 Å². The topological polar surface area (TPSA) is 126 Å². The number of thioether (sulfide) groups is 1. The van der Waals surface area contributed by atoms with Gasteiger partial charge in [0.1, 0.15) is 12.1 Å². The van der Waals surface area contributed by atoms with E-state index in [9.17, 15) is 14.4 Å². The third-order valence-electron chi connectivity index (χ3n) is 3.95. The molecule has 0 saturated heterocycles. The number of fused-ring (bicyclic) bond motifs is 1. The maximum Gasteiger partial charge on any atom is 0.334 e. The van der Waals surface area contributed by atoms with Crippen molar-refractivity contribution in [1.29, 1.82) is 0 Å². The van der Waals surface area contributed by atoms with Crippen LogP contribution < -0.4 is 16.6 Å². The average molecular weight is 394 g/mol. The predicted octanol–water partition coefficient (Wildman–Crippen LogP) is 1.53. The molecule has 28 heavy (non-hydrogen) atoms. The smallest absolute Gasteiger partial charge is 0.311 e. The van der Waals surface area contributed by atoms with Gasteiger partial charge in [-0.15, -0.1) is 0 Å². The van der Waals surface area contributed by atoms with E-state index >= 15 is 0 Å². The molecule has 4 aromatic rings. The van der Waals surface area contributed by atoms with E-state index < -0.39 is 11.2 Å². The van der Waals surface area contributed by atoms with Crippen molar-refractivity contribution in [1.82, 2.24) is 24.7 Å². The number of hydrogen-bond acceptors (Lipinski definition) is 6. The number of carbonyl (C=O) groups is 1. The first kappa shape index (κ1) is 17.7. The minimum absolute atomic E-state index is 0.0335. The van der Waals surface area contributed by atoms with Crippen LogP contribution in [0.1, 0.15) is 0 Å². The zero-order valence-corrected chi connectivity index (χ0v) is 15.2. The van der Waals surface area contributed by atoms with Gasteiger partial charge in [0.2, 0.25) is 5.91 Å². The van der Waals surface area contributed by atoms with Crippen molar-refractivity contribution < 1.29 is 4.79 Å². The van der Waals surface area contributed by atoms with Crippen molar-refractivity contribution in [2.24, 2.45) is 0 Å². The molecule has 2 aromatic heterocycles. The molecule has 1 amide bonds. The van der Waals surface area contributed by atoms with E-state index in [1.807, 2.05) is 30.3 Å². The van der Waals surface area contributed by atoms with Gasteiger partial charge < -0.3 is 5.32 Å². The van der Waals surface area contributed by atoms with E-state index in [4.69, 9.17) is 0 Å². The molecule has 4 rings (SSSR count). The summed E-state index contributed by atoms with van der Waals surface area (Å²) in [5.41, 5.74) is -0.681. The predicted molar refractivity (Wildman–Crippen MR) is 106 cm³/mol. The first-order valence-electron chi connectivity index (χ1n) is 8.24. The van der Waals surface area contributed by atoms with Gasteiger partial charge in [-0.25, -0.2) is 14.3 Å². The van der Waals surface area contributed by atoms with Gasteiger partial charge in [-0.3, -0.25) is 19.7 Å². The molecule has 0 aliphatic rings. The maximum absolute atomic E-state index is 12.6. The van der Waals surface area contributed by atoms with Crippen molar-refractivity contribution in [3.8, 4) is 5.69 Å². The lowest BCUT2D eigenvalue weighted by Crippen LogP contribution is -2.32. The highest BCUT2D eigenvalue weighted by Crippen LogP contribution is 2.23. The summed E-state index contributed by atoms with van der Waals surface area (Å²) in [6.07, 6.45) is 1.34. The van der Waals surface area contributed by atoms with E-state index in [0.717, 1.165) is 22.5 Å². The molecule has 0 fully saturated rings. The molecule has 0 atom stereocenters. The Kier molecular flexibility index (Phi) is 4.77. The Hall–Kier alpha value is -3.66. The Labute approximate surface area is 161 Å². The molecule has 0 spiro atoms. The number of carbonyl (C=O) groups excluding carboxylic acids is 1. The lowest BCUT2D eigenvalue weighted by Gasteiger charge is -2.14. The summed E-state index contributed by atoms with van der Waals surface area (Å²) in [7, 11) is 0. The summed E-state index contributed by atoms with van der Waals surface area (Å²) in [4.78, 5) is 42.9. The zero-order chi connectivity index (χ0) is 19.5. The van der Waals surface area contributed by atoms with E-state index in [1.165, 1.54) is 17.0 Å². The molecule has 0 aliphatic heterocycles. The van der Waals surface area contributed by atoms with Crippen LogP contribution in [0.2, 0.25) is 0 Å². The number of anilines is 1. The summed E-state index contributed by atoms with van der Waals surface area (Å²) in [5, 5.41) is 11.2. The highest BCUT2D eigenvalue weighted by Gasteiger charge is 2.14. The molecule has 0 bridgehead atoms. The van der Waals surface area contributed by atoms with E-state index in [-0.39, 0.29) is 17.5 Å². The molecule has 0 unspecified atom stereocenters. The lowest BCUT2D eigenvalue weighted by molar-refractivity contribution is -0.113. The second-order valence-corrected chi connectivity index (χ2v) is 6.75. The molecular formula is C18H14N6O3S. The Balaban J connectivity index is 1.73. The van der Waals surface area contributed by atoms with Crippen molar-refractivity contribution in [2.75, 3.05) is 11.1 Å². The largest absolute Gasteiger partial charge is 0.334 e. The Morgan fingerprint density at radius 3 is 2.79 bits per heavy atom. The number of aromatic amines is 2. The van der Waals surface area contributed by atoms with Crippen LogP contribution in [0.25, 0.3) is 16.5 Å². The highest BCUT2D eigenvalue weighted by molar-refractivity contribution is 7.99. The van der Waals surface area contributed by atoms with E-state index in [1.54, 1.807) is 12.1 Å². The molecule has 0 aliphatic carbocycles. The number of nitrogens with one attached hydrogen (secondary N) is 3. The van der Waals surface area contributed by atoms with Crippen LogP contribution in [0.4, 0.5) is 5.82 Å². The third kappa shape index (κ3) is 3.58. The number of amides is 1. The van der Waals surface area contributed by atoms with Crippen molar-refractivity contribution in [3.05, 3.63) is 75.7 Å². The molecule has 0 saturated carbocycles. The Morgan fingerprint density at radius 2 is 1.96 bits per heavy atom. The molecule has 140 valence electrons. The average Bonchev–Trinajstić information content (AvgIpc) is 3.20. The number of nitrogens with zero attached hydrogens (tertiary/aromatic N) is 3. The second kappa shape index (κ2) is 7.53.